The first-order valence-corrected chi connectivity index (χ1v) is 4.77. The van der Waals surface area contributed by atoms with Crippen LogP contribution >= 0.6 is 0 Å². The van der Waals surface area contributed by atoms with E-state index in [2.05, 4.69) is 29.9 Å². The summed E-state index contributed by atoms with van der Waals surface area (Å²) in [5, 5.41) is 0. The maximum absolute atomic E-state index is 5.89. The van der Waals surface area contributed by atoms with Crippen LogP contribution in [-0.2, 0) is 6.54 Å². The van der Waals surface area contributed by atoms with E-state index in [1.54, 1.807) is 0 Å². The summed E-state index contributed by atoms with van der Waals surface area (Å²) in [6, 6.07) is 3.99. The highest BCUT2D eigenvalue weighted by Gasteiger charge is 2.12. The first-order valence-electron chi connectivity index (χ1n) is 4.77. The highest BCUT2D eigenvalue weighted by Crippen LogP contribution is 2.31. The maximum Gasteiger partial charge on any atom is 0.0903 e. The van der Waals surface area contributed by atoms with Crippen molar-refractivity contribution in [2.24, 2.45) is 4.99 Å². The Hall–Kier alpha value is -1.35. The van der Waals surface area contributed by atoms with E-state index in [1.807, 2.05) is 12.3 Å². The van der Waals surface area contributed by atoms with Crippen molar-refractivity contribution in [3.05, 3.63) is 23.3 Å². The van der Waals surface area contributed by atoms with E-state index in [4.69, 9.17) is 5.73 Å². The lowest BCUT2D eigenvalue weighted by Gasteiger charge is -2.15. The molecule has 74 valence electrons. The van der Waals surface area contributed by atoms with E-state index in [9.17, 15) is 0 Å². The fourth-order valence-corrected chi connectivity index (χ4v) is 1.71. The lowest BCUT2D eigenvalue weighted by atomic mass is 10.1. The molecule has 14 heavy (non-hydrogen) atoms. The SMILES string of the molecule is Cc1ccc(N)c2c1CN(C)CC=N2. The molecule has 3 nitrogen and oxygen atoms in total. The summed E-state index contributed by atoms with van der Waals surface area (Å²) in [6.07, 6.45) is 1.92. The summed E-state index contributed by atoms with van der Waals surface area (Å²) in [6.45, 7) is 3.91. The smallest absolute Gasteiger partial charge is 0.0903 e. The van der Waals surface area contributed by atoms with Gasteiger partial charge in [0, 0.05) is 19.3 Å². The van der Waals surface area contributed by atoms with Gasteiger partial charge in [-0.1, -0.05) is 6.07 Å². The molecule has 1 aromatic rings. The second-order valence-electron chi connectivity index (χ2n) is 3.81. The van der Waals surface area contributed by atoms with Crippen LogP contribution in [0.4, 0.5) is 11.4 Å². The number of rotatable bonds is 0. The summed E-state index contributed by atoms with van der Waals surface area (Å²) < 4.78 is 0. The van der Waals surface area contributed by atoms with Gasteiger partial charge in [0.05, 0.1) is 11.4 Å². The molecule has 1 aromatic carbocycles. The van der Waals surface area contributed by atoms with E-state index in [1.165, 1.54) is 11.1 Å². The Balaban J connectivity index is 2.57. The molecule has 0 aliphatic carbocycles. The highest BCUT2D eigenvalue weighted by molar-refractivity contribution is 5.76. The molecule has 0 saturated heterocycles. The number of hydrogen-bond acceptors (Lipinski definition) is 3. The van der Waals surface area contributed by atoms with Crippen molar-refractivity contribution in [2.75, 3.05) is 19.3 Å². The first-order chi connectivity index (χ1) is 6.68. The lowest BCUT2D eigenvalue weighted by Crippen LogP contribution is -2.18. The van der Waals surface area contributed by atoms with Crippen molar-refractivity contribution in [1.82, 2.24) is 4.90 Å². The quantitative estimate of drug-likeness (QED) is 0.631. The molecule has 1 aliphatic rings. The van der Waals surface area contributed by atoms with Gasteiger partial charge in [0.1, 0.15) is 0 Å². The second kappa shape index (κ2) is 3.42. The Kier molecular flexibility index (Phi) is 2.25. The average Bonchev–Trinajstić information content (AvgIpc) is 2.34. The molecular weight excluding hydrogens is 174 g/mol. The maximum atomic E-state index is 5.89. The van der Waals surface area contributed by atoms with Crippen molar-refractivity contribution < 1.29 is 0 Å². The van der Waals surface area contributed by atoms with Gasteiger partial charge in [-0.3, -0.25) is 9.89 Å². The van der Waals surface area contributed by atoms with Gasteiger partial charge in [-0.25, -0.2) is 0 Å². The molecule has 2 rings (SSSR count). The van der Waals surface area contributed by atoms with Gasteiger partial charge in [0.2, 0.25) is 0 Å². The zero-order chi connectivity index (χ0) is 10.1. The Morgan fingerprint density at radius 2 is 2.21 bits per heavy atom. The monoisotopic (exact) mass is 189 g/mol. The molecule has 2 N–H and O–H groups in total. The van der Waals surface area contributed by atoms with Gasteiger partial charge in [-0.05, 0) is 31.2 Å². The van der Waals surface area contributed by atoms with Crippen LogP contribution in [0.1, 0.15) is 11.1 Å². The van der Waals surface area contributed by atoms with Crippen molar-refractivity contribution in [2.45, 2.75) is 13.5 Å². The van der Waals surface area contributed by atoms with Crippen LogP contribution in [-0.4, -0.2) is 24.7 Å². The number of nitrogens with two attached hydrogens (primary N) is 1. The first kappa shape index (κ1) is 9.21. The number of benzene rings is 1. The van der Waals surface area contributed by atoms with Gasteiger partial charge in [-0.2, -0.15) is 0 Å². The number of anilines is 1. The Morgan fingerprint density at radius 3 is 3.00 bits per heavy atom. The van der Waals surface area contributed by atoms with Crippen molar-refractivity contribution in [3.63, 3.8) is 0 Å². The molecular formula is C11H15N3. The number of aryl methyl sites for hydroxylation is 1. The van der Waals surface area contributed by atoms with Crippen LogP contribution in [0.3, 0.4) is 0 Å². The van der Waals surface area contributed by atoms with Crippen LogP contribution in [0.15, 0.2) is 17.1 Å². The third-order valence-corrected chi connectivity index (χ3v) is 2.59. The van der Waals surface area contributed by atoms with Crippen molar-refractivity contribution in [3.8, 4) is 0 Å². The molecule has 0 radical (unpaired) electrons. The van der Waals surface area contributed by atoms with E-state index < -0.39 is 0 Å². The molecule has 0 unspecified atom stereocenters. The van der Waals surface area contributed by atoms with E-state index in [0.717, 1.165) is 24.5 Å². The normalized spacial score (nSPS) is 16.4. The minimum Gasteiger partial charge on any atom is -0.397 e. The van der Waals surface area contributed by atoms with Gasteiger partial charge >= 0.3 is 0 Å². The molecule has 0 bridgehead atoms. The van der Waals surface area contributed by atoms with Crippen LogP contribution in [0.5, 0.6) is 0 Å². The molecule has 0 spiro atoms. The number of nitrogens with zero attached hydrogens (tertiary/aromatic N) is 2. The Labute approximate surface area is 84.2 Å². The van der Waals surface area contributed by atoms with Crippen molar-refractivity contribution >= 4 is 17.6 Å². The van der Waals surface area contributed by atoms with Gasteiger partial charge in [-0.15, -0.1) is 0 Å². The van der Waals surface area contributed by atoms with Crippen LogP contribution in [0, 0.1) is 6.92 Å². The number of aliphatic imine (C=N–C) groups is 1. The Morgan fingerprint density at radius 1 is 1.43 bits per heavy atom. The van der Waals surface area contributed by atoms with Gasteiger partial charge in [0.15, 0.2) is 0 Å². The van der Waals surface area contributed by atoms with Crippen molar-refractivity contribution in [1.29, 1.82) is 0 Å². The van der Waals surface area contributed by atoms with E-state index in [-0.39, 0.29) is 0 Å². The molecule has 0 saturated carbocycles. The molecule has 1 aliphatic heterocycles. The summed E-state index contributed by atoms with van der Waals surface area (Å²) in [5.41, 5.74) is 10.1. The van der Waals surface area contributed by atoms with Gasteiger partial charge in [0.25, 0.3) is 0 Å². The predicted octanol–water partition coefficient (Wildman–Crippen LogP) is 1.72. The molecule has 3 heteroatoms. The summed E-state index contributed by atoms with van der Waals surface area (Å²) in [7, 11) is 2.09. The summed E-state index contributed by atoms with van der Waals surface area (Å²) in [4.78, 5) is 6.63. The molecule has 0 fully saturated rings. The Bertz CT molecular complexity index is 382. The molecule has 0 aromatic heterocycles. The van der Waals surface area contributed by atoms with E-state index in [0.29, 0.717) is 0 Å². The zero-order valence-electron chi connectivity index (χ0n) is 8.62. The molecule has 0 amide bonds. The number of nitrogen functional groups attached to an aromatic ring is 1. The number of fused-ring (bicyclic) bond motifs is 1. The molecule has 1 heterocycles. The third-order valence-electron chi connectivity index (χ3n) is 2.59. The standard InChI is InChI=1S/C11H15N3/c1-8-3-4-10(12)11-9(8)7-14(2)6-5-13-11/h3-5H,6-7,12H2,1-2H3. The van der Waals surface area contributed by atoms with E-state index >= 15 is 0 Å². The minimum atomic E-state index is 0.775. The minimum absolute atomic E-state index is 0.775. The topological polar surface area (TPSA) is 41.6 Å². The van der Waals surface area contributed by atoms with Gasteiger partial charge < -0.3 is 5.73 Å². The van der Waals surface area contributed by atoms with Crippen LogP contribution in [0.2, 0.25) is 0 Å². The fourth-order valence-electron chi connectivity index (χ4n) is 1.71. The fraction of sp³-hybridized carbons (Fsp3) is 0.364. The predicted molar refractivity (Wildman–Crippen MR) is 60.1 cm³/mol. The second-order valence-corrected chi connectivity index (χ2v) is 3.81. The summed E-state index contributed by atoms with van der Waals surface area (Å²) >= 11 is 0. The average molecular weight is 189 g/mol. The molecule has 0 atom stereocenters. The third kappa shape index (κ3) is 1.51. The lowest BCUT2D eigenvalue weighted by molar-refractivity contribution is 0.379. The van der Waals surface area contributed by atoms with Crippen LogP contribution < -0.4 is 5.73 Å². The summed E-state index contributed by atoms with van der Waals surface area (Å²) in [5.74, 6) is 0. The zero-order valence-corrected chi connectivity index (χ0v) is 8.62. The largest absolute Gasteiger partial charge is 0.397 e. The number of hydrogen-bond donors (Lipinski definition) is 1. The highest BCUT2D eigenvalue weighted by atomic mass is 15.1. The van der Waals surface area contributed by atoms with Crippen LogP contribution in [0.25, 0.3) is 0 Å².